The molecule has 0 aromatic rings. The maximum atomic E-state index is 13.0. The summed E-state index contributed by atoms with van der Waals surface area (Å²) in [6.45, 7) is 4.83. The Morgan fingerprint density at radius 1 is 1.00 bits per heavy atom. The van der Waals surface area contributed by atoms with E-state index in [2.05, 4.69) is 0 Å². The van der Waals surface area contributed by atoms with E-state index in [4.69, 9.17) is 4.74 Å². The summed E-state index contributed by atoms with van der Waals surface area (Å²) < 4.78 is 91.9. The maximum absolute atomic E-state index is 13.0. The summed E-state index contributed by atoms with van der Waals surface area (Å²) in [4.78, 5) is 11.4. The highest BCUT2D eigenvalue weighted by Crippen LogP contribution is 2.48. The van der Waals surface area contributed by atoms with Crippen molar-refractivity contribution in [3.8, 4) is 0 Å². The van der Waals surface area contributed by atoms with Crippen molar-refractivity contribution in [1.29, 1.82) is 0 Å². The third-order valence-corrected chi connectivity index (χ3v) is 3.97. The molecule has 0 spiro atoms. The lowest BCUT2D eigenvalue weighted by Crippen LogP contribution is -2.51. The van der Waals surface area contributed by atoms with Gasteiger partial charge < -0.3 is 4.74 Å². The van der Waals surface area contributed by atoms with Crippen LogP contribution in [-0.2, 0) is 9.53 Å². The number of halogens is 7. The van der Waals surface area contributed by atoms with Gasteiger partial charge in [0.2, 0.25) is 0 Å². The summed E-state index contributed by atoms with van der Waals surface area (Å²) in [6.07, 6.45) is -8.72. The van der Waals surface area contributed by atoms with Gasteiger partial charge in [0.15, 0.2) is 0 Å². The third kappa shape index (κ3) is 6.76. The van der Waals surface area contributed by atoms with Crippen LogP contribution in [0.1, 0.15) is 40.0 Å². The number of esters is 1. The molecule has 0 rings (SSSR count). The number of carbonyl (C=O) groups is 1. The van der Waals surface area contributed by atoms with Gasteiger partial charge >= 0.3 is 24.0 Å². The molecular formula is C13H19F7O2S. The molecule has 10 heteroatoms. The van der Waals surface area contributed by atoms with Gasteiger partial charge in [0, 0.05) is 6.42 Å². The van der Waals surface area contributed by atoms with Crippen LogP contribution in [-0.4, -0.2) is 41.1 Å². The fourth-order valence-corrected chi connectivity index (χ4v) is 2.39. The van der Waals surface area contributed by atoms with Crippen molar-refractivity contribution in [3.63, 3.8) is 0 Å². The number of rotatable bonds is 9. The van der Waals surface area contributed by atoms with Crippen LogP contribution in [0.5, 0.6) is 0 Å². The summed E-state index contributed by atoms with van der Waals surface area (Å²) in [7, 11) is 0. The van der Waals surface area contributed by atoms with Gasteiger partial charge in [-0.2, -0.15) is 30.7 Å². The molecule has 2 nitrogen and oxygen atoms in total. The molecular weight excluding hydrogens is 353 g/mol. The van der Waals surface area contributed by atoms with Gasteiger partial charge in [-0.1, -0.05) is 0 Å². The predicted octanol–water partition coefficient (Wildman–Crippen LogP) is 5.06. The second kappa shape index (κ2) is 8.43. The zero-order valence-electron chi connectivity index (χ0n) is 12.9. The van der Waals surface area contributed by atoms with E-state index in [0.717, 1.165) is 11.8 Å². The van der Waals surface area contributed by atoms with Crippen LogP contribution in [0.2, 0.25) is 0 Å². The van der Waals surface area contributed by atoms with Crippen LogP contribution in [0.3, 0.4) is 0 Å². The molecule has 1 unspecified atom stereocenters. The molecule has 0 saturated heterocycles. The standard InChI is InChI=1S/C13H19F7O2S/c1-8(2)22-10(21)9(3)23-7-5-4-6-11(14,15)12(16,17)13(18,19)20/h8-9H,4-7H2,1-3H3. The van der Waals surface area contributed by atoms with Crippen LogP contribution in [0, 0.1) is 0 Å². The Morgan fingerprint density at radius 3 is 1.96 bits per heavy atom. The third-order valence-electron chi connectivity index (χ3n) is 2.75. The minimum absolute atomic E-state index is 0.0203. The molecule has 0 fully saturated rings. The van der Waals surface area contributed by atoms with Crippen LogP contribution in [0.25, 0.3) is 0 Å². The molecule has 0 N–H and O–H groups in total. The SMILES string of the molecule is CC(C)OC(=O)C(C)SCCCCC(F)(F)C(F)(F)C(F)(F)F. The largest absolute Gasteiger partial charge is 0.462 e. The summed E-state index contributed by atoms with van der Waals surface area (Å²) in [6, 6.07) is 0. The Bertz CT molecular complexity index is 383. The van der Waals surface area contributed by atoms with Gasteiger partial charge in [0.1, 0.15) is 0 Å². The Kier molecular flexibility index (Phi) is 8.19. The lowest BCUT2D eigenvalue weighted by atomic mass is 10.0. The first-order valence-electron chi connectivity index (χ1n) is 6.87. The monoisotopic (exact) mass is 372 g/mol. The van der Waals surface area contributed by atoms with E-state index >= 15 is 0 Å². The number of alkyl halides is 7. The van der Waals surface area contributed by atoms with Gasteiger partial charge in [0.05, 0.1) is 11.4 Å². The first kappa shape index (κ1) is 22.3. The molecule has 0 aromatic carbocycles. The van der Waals surface area contributed by atoms with E-state index < -0.39 is 42.1 Å². The van der Waals surface area contributed by atoms with Crippen molar-refractivity contribution in [2.24, 2.45) is 0 Å². The molecule has 0 radical (unpaired) electrons. The Morgan fingerprint density at radius 2 is 1.52 bits per heavy atom. The molecule has 0 amide bonds. The fourth-order valence-electron chi connectivity index (χ4n) is 1.47. The van der Waals surface area contributed by atoms with Crippen molar-refractivity contribution in [1.82, 2.24) is 0 Å². The number of carbonyl (C=O) groups excluding carboxylic acids is 1. The average Bonchev–Trinajstić information content (AvgIpc) is 2.35. The van der Waals surface area contributed by atoms with Crippen molar-refractivity contribution in [2.75, 3.05) is 5.75 Å². The highest BCUT2D eigenvalue weighted by atomic mass is 32.2. The number of ether oxygens (including phenoxy) is 1. The number of hydrogen-bond donors (Lipinski definition) is 0. The molecule has 0 aromatic heterocycles. The zero-order chi connectivity index (χ0) is 18.5. The summed E-state index contributed by atoms with van der Waals surface area (Å²) in [5, 5.41) is -0.575. The highest BCUT2D eigenvalue weighted by Gasteiger charge is 2.72. The van der Waals surface area contributed by atoms with E-state index in [1.807, 2.05) is 0 Å². The first-order valence-corrected chi connectivity index (χ1v) is 7.91. The minimum atomic E-state index is -6.29. The highest BCUT2D eigenvalue weighted by molar-refractivity contribution is 8.00. The van der Waals surface area contributed by atoms with Gasteiger partial charge in [-0.05, 0) is 39.4 Å². The lowest BCUT2D eigenvalue weighted by Gasteiger charge is -2.28. The Labute approximate surface area is 134 Å². The summed E-state index contributed by atoms with van der Waals surface area (Å²) >= 11 is 1.06. The van der Waals surface area contributed by atoms with Gasteiger partial charge in [0.25, 0.3) is 0 Å². The molecule has 138 valence electrons. The van der Waals surface area contributed by atoms with Crippen LogP contribution in [0.4, 0.5) is 30.7 Å². The van der Waals surface area contributed by atoms with E-state index in [1.165, 1.54) is 6.92 Å². The van der Waals surface area contributed by atoms with Crippen LogP contribution < -0.4 is 0 Å². The van der Waals surface area contributed by atoms with Crippen molar-refractivity contribution in [2.45, 2.75) is 69.4 Å². The Balaban J connectivity index is 4.20. The molecule has 0 aliphatic rings. The second-order valence-corrected chi connectivity index (χ2v) is 6.68. The number of unbranched alkanes of at least 4 members (excludes halogenated alkanes) is 1. The smallest absolute Gasteiger partial charge is 0.459 e. The quantitative estimate of drug-likeness (QED) is 0.321. The van der Waals surface area contributed by atoms with Crippen LogP contribution in [0.15, 0.2) is 0 Å². The van der Waals surface area contributed by atoms with E-state index in [1.54, 1.807) is 13.8 Å². The summed E-state index contributed by atoms with van der Waals surface area (Å²) in [5.41, 5.74) is 0. The molecule has 0 saturated carbocycles. The molecule has 0 bridgehead atoms. The lowest BCUT2D eigenvalue weighted by molar-refractivity contribution is -0.355. The molecule has 1 atom stereocenters. The van der Waals surface area contributed by atoms with E-state index in [0.29, 0.717) is 0 Å². The van der Waals surface area contributed by atoms with Crippen molar-refractivity contribution < 1.29 is 40.3 Å². The van der Waals surface area contributed by atoms with Gasteiger partial charge in [-0.15, -0.1) is 11.8 Å². The van der Waals surface area contributed by atoms with E-state index in [-0.39, 0.29) is 18.3 Å². The minimum Gasteiger partial charge on any atom is -0.462 e. The van der Waals surface area contributed by atoms with Crippen molar-refractivity contribution >= 4 is 17.7 Å². The predicted molar refractivity (Wildman–Crippen MR) is 72.9 cm³/mol. The average molecular weight is 372 g/mol. The fraction of sp³-hybridized carbons (Fsp3) is 0.923. The van der Waals surface area contributed by atoms with Crippen LogP contribution >= 0.6 is 11.8 Å². The van der Waals surface area contributed by atoms with E-state index in [9.17, 15) is 35.5 Å². The maximum Gasteiger partial charge on any atom is 0.459 e. The molecule has 23 heavy (non-hydrogen) atoms. The van der Waals surface area contributed by atoms with Gasteiger partial charge in [-0.3, -0.25) is 4.79 Å². The molecule has 0 aliphatic carbocycles. The molecule has 0 heterocycles. The van der Waals surface area contributed by atoms with Crippen molar-refractivity contribution in [3.05, 3.63) is 0 Å². The number of thioether (sulfide) groups is 1. The number of hydrogen-bond acceptors (Lipinski definition) is 3. The Hall–Kier alpha value is -0.670. The normalized spacial score (nSPS) is 14.9. The van der Waals surface area contributed by atoms with Gasteiger partial charge in [-0.25, -0.2) is 0 Å². The zero-order valence-corrected chi connectivity index (χ0v) is 13.7. The topological polar surface area (TPSA) is 26.3 Å². The summed E-state index contributed by atoms with van der Waals surface area (Å²) in [5.74, 6) is -11.5. The second-order valence-electron chi connectivity index (χ2n) is 5.23. The first-order chi connectivity index (χ1) is 10.2. The molecule has 0 aliphatic heterocycles.